The molecule has 0 aromatic heterocycles. The van der Waals surface area contributed by atoms with Gasteiger partial charge >= 0.3 is 0 Å². The summed E-state index contributed by atoms with van der Waals surface area (Å²) in [6, 6.07) is 8.61. The molecule has 15 heavy (non-hydrogen) atoms. The van der Waals surface area contributed by atoms with Crippen molar-refractivity contribution < 1.29 is 8.42 Å². The lowest BCUT2D eigenvalue weighted by Gasteiger charge is -2.25. The van der Waals surface area contributed by atoms with Crippen LogP contribution in [0.1, 0.15) is 12.8 Å². The van der Waals surface area contributed by atoms with Crippen LogP contribution in [0, 0.1) is 6.42 Å². The van der Waals surface area contributed by atoms with Crippen molar-refractivity contribution in [2.75, 3.05) is 13.1 Å². The Bertz CT molecular complexity index is 407. The quantitative estimate of drug-likeness (QED) is 0.766. The lowest BCUT2D eigenvalue weighted by atomic mass is 10.2. The van der Waals surface area contributed by atoms with E-state index in [1.54, 1.807) is 24.3 Å². The second-order valence-corrected chi connectivity index (χ2v) is 5.54. The van der Waals surface area contributed by atoms with E-state index in [1.165, 1.54) is 4.31 Å². The van der Waals surface area contributed by atoms with Crippen molar-refractivity contribution in [3.63, 3.8) is 0 Å². The zero-order valence-corrected chi connectivity index (χ0v) is 9.28. The predicted octanol–water partition coefficient (Wildman–Crippen LogP) is 1.68. The summed E-state index contributed by atoms with van der Waals surface area (Å²) in [6.45, 7) is 1.17. The standard InChI is InChI=1S/C11H14NO2S/c13-15(14,11-7-3-1-4-8-11)12-9-5-2-6-10-12/h1,3-5,7-8H,2,6,9-10H2. The zero-order valence-electron chi connectivity index (χ0n) is 8.46. The fraction of sp³-hybridized carbons (Fsp3) is 0.364. The number of rotatable bonds is 2. The Kier molecular flexibility index (Phi) is 3.07. The average molecular weight is 224 g/mol. The molecule has 1 saturated heterocycles. The van der Waals surface area contributed by atoms with Crippen LogP contribution in [0.2, 0.25) is 0 Å². The number of benzene rings is 1. The molecule has 4 heteroatoms. The van der Waals surface area contributed by atoms with E-state index in [9.17, 15) is 8.42 Å². The molecule has 0 saturated carbocycles. The molecule has 0 bridgehead atoms. The summed E-state index contributed by atoms with van der Waals surface area (Å²) >= 11 is 0. The van der Waals surface area contributed by atoms with Crippen molar-refractivity contribution >= 4 is 10.0 Å². The number of hydrogen-bond donors (Lipinski definition) is 0. The lowest BCUT2D eigenvalue weighted by molar-refractivity contribution is 0.391. The van der Waals surface area contributed by atoms with Gasteiger partial charge in [0.25, 0.3) is 0 Å². The maximum Gasteiger partial charge on any atom is 0.243 e. The van der Waals surface area contributed by atoms with E-state index in [-0.39, 0.29) is 0 Å². The van der Waals surface area contributed by atoms with Gasteiger partial charge in [0.15, 0.2) is 0 Å². The zero-order chi connectivity index (χ0) is 10.7. The molecule has 0 N–H and O–H groups in total. The Hall–Kier alpha value is -0.870. The van der Waals surface area contributed by atoms with Crippen molar-refractivity contribution in [3.8, 4) is 0 Å². The van der Waals surface area contributed by atoms with Gasteiger partial charge < -0.3 is 0 Å². The number of piperidine rings is 1. The van der Waals surface area contributed by atoms with Crippen LogP contribution < -0.4 is 0 Å². The first-order valence-electron chi connectivity index (χ1n) is 5.08. The molecule has 1 heterocycles. The largest absolute Gasteiger partial charge is 0.243 e. The van der Waals surface area contributed by atoms with Crippen LogP contribution in [0.5, 0.6) is 0 Å². The number of sulfonamides is 1. The first-order chi connectivity index (χ1) is 7.21. The highest BCUT2D eigenvalue weighted by Gasteiger charge is 2.25. The molecule has 0 unspecified atom stereocenters. The van der Waals surface area contributed by atoms with Crippen molar-refractivity contribution in [1.82, 2.24) is 4.31 Å². The fourth-order valence-electron chi connectivity index (χ4n) is 1.70. The Morgan fingerprint density at radius 2 is 1.87 bits per heavy atom. The third-order valence-electron chi connectivity index (χ3n) is 2.53. The molecule has 1 aromatic carbocycles. The van der Waals surface area contributed by atoms with Crippen LogP contribution in [0.25, 0.3) is 0 Å². The summed E-state index contributed by atoms with van der Waals surface area (Å²) in [5, 5.41) is 0. The second kappa shape index (κ2) is 4.33. The van der Waals surface area contributed by atoms with Gasteiger partial charge in [-0.15, -0.1) is 0 Å². The van der Waals surface area contributed by atoms with Crippen LogP contribution >= 0.6 is 0 Å². The monoisotopic (exact) mass is 224 g/mol. The topological polar surface area (TPSA) is 37.4 Å². The van der Waals surface area contributed by atoms with E-state index in [0.717, 1.165) is 12.8 Å². The second-order valence-electron chi connectivity index (χ2n) is 3.61. The van der Waals surface area contributed by atoms with Gasteiger partial charge in [-0.3, -0.25) is 0 Å². The molecule has 0 spiro atoms. The average Bonchev–Trinajstić information content (AvgIpc) is 2.31. The molecule has 0 atom stereocenters. The van der Waals surface area contributed by atoms with Crippen molar-refractivity contribution in [2.45, 2.75) is 17.7 Å². The van der Waals surface area contributed by atoms with Gasteiger partial charge in [0.2, 0.25) is 10.0 Å². The van der Waals surface area contributed by atoms with E-state index >= 15 is 0 Å². The van der Waals surface area contributed by atoms with E-state index < -0.39 is 10.0 Å². The molecular formula is C11H14NO2S. The molecule has 1 aliphatic rings. The Morgan fingerprint density at radius 3 is 2.47 bits per heavy atom. The predicted molar refractivity (Wildman–Crippen MR) is 58.7 cm³/mol. The molecule has 81 valence electrons. The first kappa shape index (κ1) is 10.6. The smallest absolute Gasteiger partial charge is 0.207 e. The van der Waals surface area contributed by atoms with Crippen molar-refractivity contribution in [1.29, 1.82) is 0 Å². The number of hydrogen-bond acceptors (Lipinski definition) is 2. The van der Waals surface area contributed by atoms with Crippen LogP contribution in [-0.2, 0) is 10.0 Å². The van der Waals surface area contributed by atoms with E-state index in [4.69, 9.17) is 0 Å². The van der Waals surface area contributed by atoms with Gasteiger partial charge in [0, 0.05) is 13.1 Å². The maximum atomic E-state index is 12.1. The van der Waals surface area contributed by atoms with Crippen LogP contribution in [0.15, 0.2) is 35.2 Å². The highest BCUT2D eigenvalue weighted by Crippen LogP contribution is 2.19. The summed E-state index contributed by atoms with van der Waals surface area (Å²) in [7, 11) is -3.26. The summed E-state index contributed by atoms with van der Waals surface area (Å²) in [6.07, 6.45) is 3.96. The molecule has 0 aliphatic carbocycles. The Balaban J connectivity index is 2.26. The van der Waals surface area contributed by atoms with E-state index in [0.29, 0.717) is 18.0 Å². The highest BCUT2D eigenvalue weighted by molar-refractivity contribution is 7.89. The van der Waals surface area contributed by atoms with Gasteiger partial charge in [-0.2, -0.15) is 4.31 Å². The minimum absolute atomic E-state index is 0.389. The minimum Gasteiger partial charge on any atom is -0.207 e. The van der Waals surface area contributed by atoms with Crippen LogP contribution in [-0.4, -0.2) is 25.8 Å². The number of nitrogens with zero attached hydrogens (tertiary/aromatic N) is 1. The summed E-state index contributed by atoms with van der Waals surface area (Å²) in [5.41, 5.74) is 0. The molecule has 2 rings (SSSR count). The van der Waals surface area contributed by atoms with E-state index in [2.05, 4.69) is 0 Å². The van der Waals surface area contributed by atoms with Gasteiger partial charge in [-0.25, -0.2) is 8.42 Å². The third kappa shape index (κ3) is 2.21. The van der Waals surface area contributed by atoms with Gasteiger partial charge in [0.1, 0.15) is 0 Å². The molecule has 3 nitrogen and oxygen atoms in total. The normalized spacial score (nSPS) is 18.9. The fourth-order valence-corrected chi connectivity index (χ4v) is 3.17. The van der Waals surface area contributed by atoms with Crippen molar-refractivity contribution in [3.05, 3.63) is 36.8 Å². The summed E-state index contributed by atoms with van der Waals surface area (Å²) in [4.78, 5) is 0.389. The molecular weight excluding hydrogens is 210 g/mol. The molecule has 1 aliphatic heterocycles. The maximum absolute atomic E-state index is 12.1. The van der Waals surface area contributed by atoms with Crippen LogP contribution in [0.3, 0.4) is 0 Å². The molecule has 0 amide bonds. The first-order valence-corrected chi connectivity index (χ1v) is 6.52. The molecule has 1 aromatic rings. The van der Waals surface area contributed by atoms with E-state index in [1.807, 2.05) is 12.5 Å². The highest BCUT2D eigenvalue weighted by atomic mass is 32.2. The Morgan fingerprint density at radius 1 is 1.13 bits per heavy atom. The van der Waals surface area contributed by atoms with Crippen LogP contribution in [0.4, 0.5) is 0 Å². The molecule has 1 radical (unpaired) electrons. The van der Waals surface area contributed by atoms with Gasteiger partial charge in [-0.1, -0.05) is 18.2 Å². The summed E-state index contributed by atoms with van der Waals surface area (Å²) < 4.78 is 25.7. The Labute approximate surface area is 90.8 Å². The van der Waals surface area contributed by atoms with Crippen molar-refractivity contribution in [2.24, 2.45) is 0 Å². The summed E-state index contributed by atoms with van der Waals surface area (Å²) in [5.74, 6) is 0. The van der Waals surface area contributed by atoms with Gasteiger partial charge in [0.05, 0.1) is 4.90 Å². The molecule has 1 fully saturated rings. The SMILES string of the molecule is O=S(=O)(c1ccccc1)N1C[CH]CCC1. The third-order valence-corrected chi connectivity index (χ3v) is 4.41. The minimum atomic E-state index is -3.26. The van der Waals surface area contributed by atoms with Gasteiger partial charge in [-0.05, 0) is 31.4 Å². The lowest BCUT2D eigenvalue weighted by Crippen LogP contribution is -2.35.